The van der Waals surface area contributed by atoms with E-state index < -0.39 is 0 Å². The van der Waals surface area contributed by atoms with E-state index in [2.05, 4.69) is 0 Å². The second-order valence-electron chi connectivity index (χ2n) is 15.0. The maximum absolute atomic E-state index is 1.63. The molecule has 6 rings (SSSR count). The molecular formula is C36H68CuP2+2. The zero-order chi connectivity index (χ0) is 25.8. The van der Waals surface area contributed by atoms with Gasteiger partial charge in [0.1, 0.15) is 0 Å². The Morgan fingerprint density at radius 2 is 0.333 bits per heavy atom. The Hall–Kier alpha value is 1.38. The molecule has 0 aliphatic heterocycles. The second-order valence-corrected chi connectivity index (χ2v) is 21.9. The van der Waals surface area contributed by atoms with Crippen molar-refractivity contribution in [1.29, 1.82) is 0 Å². The van der Waals surface area contributed by atoms with E-state index in [1.54, 1.807) is 193 Å². The minimum absolute atomic E-state index is 0. The summed E-state index contributed by atoms with van der Waals surface area (Å²) >= 11 is 0. The largest absolute Gasteiger partial charge is 0.0680 e. The van der Waals surface area contributed by atoms with Crippen molar-refractivity contribution < 1.29 is 17.1 Å². The molecule has 0 nitrogen and oxygen atoms in total. The van der Waals surface area contributed by atoms with Gasteiger partial charge in [0.15, 0.2) is 0 Å². The molecule has 6 saturated carbocycles. The van der Waals surface area contributed by atoms with Gasteiger partial charge in [-0.2, -0.15) is 0 Å². The Kier molecular flexibility index (Phi) is 16.1. The molecule has 0 unspecified atom stereocenters. The molecule has 0 saturated heterocycles. The van der Waals surface area contributed by atoms with Crippen LogP contribution in [0.1, 0.15) is 193 Å². The minimum atomic E-state index is -0.0465. The van der Waals surface area contributed by atoms with Crippen LogP contribution in [0.5, 0.6) is 0 Å². The van der Waals surface area contributed by atoms with Crippen molar-refractivity contribution in [3.63, 3.8) is 0 Å². The van der Waals surface area contributed by atoms with Gasteiger partial charge in [-0.15, -0.1) is 0 Å². The topological polar surface area (TPSA) is 0 Å². The van der Waals surface area contributed by atoms with Gasteiger partial charge < -0.3 is 0 Å². The van der Waals surface area contributed by atoms with Gasteiger partial charge in [-0.05, 0) is 154 Å². The van der Waals surface area contributed by atoms with Gasteiger partial charge in [-0.3, -0.25) is 0 Å². The Labute approximate surface area is 258 Å². The molecule has 0 atom stereocenters. The maximum Gasteiger partial charge on any atom is 0.0680 e. The Morgan fingerprint density at radius 3 is 0.462 bits per heavy atom. The van der Waals surface area contributed by atoms with E-state index in [4.69, 9.17) is 0 Å². The molecule has 0 aromatic heterocycles. The summed E-state index contributed by atoms with van der Waals surface area (Å²) in [6, 6.07) is 0. The Bertz CT molecular complexity index is 464. The smallest absolute Gasteiger partial charge is 0.0530 e. The van der Waals surface area contributed by atoms with Crippen LogP contribution in [-0.2, 0) is 17.1 Å². The zero-order valence-electron chi connectivity index (χ0n) is 26.0. The fraction of sp³-hybridized carbons (Fsp3) is 1.00. The Balaban J connectivity index is 0.000000176. The minimum Gasteiger partial charge on any atom is -0.0530 e. The summed E-state index contributed by atoms with van der Waals surface area (Å²) in [5.74, 6) is 0. The molecule has 6 fully saturated rings. The molecule has 0 bridgehead atoms. The van der Waals surface area contributed by atoms with Gasteiger partial charge in [-0.1, -0.05) is 38.5 Å². The van der Waals surface area contributed by atoms with Crippen LogP contribution in [0, 0.1) is 0 Å². The third kappa shape index (κ3) is 10.2. The molecule has 0 spiro atoms. The van der Waals surface area contributed by atoms with Crippen LogP contribution in [0.25, 0.3) is 0 Å². The molecule has 0 aromatic rings. The summed E-state index contributed by atoms with van der Waals surface area (Å²) in [6.45, 7) is 0. The van der Waals surface area contributed by atoms with E-state index in [9.17, 15) is 0 Å². The maximum atomic E-state index is 1.63. The molecule has 1 radical (unpaired) electrons. The summed E-state index contributed by atoms with van der Waals surface area (Å²) < 4.78 is 0. The molecule has 231 valence electrons. The van der Waals surface area contributed by atoms with Crippen molar-refractivity contribution in [1.82, 2.24) is 0 Å². The summed E-state index contributed by atoms with van der Waals surface area (Å²) in [4.78, 5) is 0. The van der Waals surface area contributed by atoms with E-state index in [-0.39, 0.29) is 32.9 Å². The first kappa shape index (κ1) is 33.3. The molecule has 6 aliphatic carbocycles. The average Bonchev–Trinajstić information content (AvgIpc) is 3.01. The van der Waals surface area contributed by atoms with E-state index in [0.29, 0.717) is 0 Å². The van der Waals surface area contributed by atoms with Crippen LogP contribution in [0.4, 0.5) is 0 Å². The molecule has 39 heavy (non-hydrogen) atoms. The number of hydrogen-bond acceptors (Lipinski definition) is 0. The summed E-state index contributed by atoms with van der Waals surface area (Å²) in [6.07, 6.45) is 47.6. The van der Waals surface area contributed by atoms with Gasteiger partial charge in [0.2, 0.25) is 0 Å². The molecule has 3 heteroatoms. The van der Waals surface area contributed by atoms with Gasteiger partial charge in [0.05, 0.1) is 34.0 Å². The summed E-state index contributed by atoms with van der Waals surface area (Å²) in [5.41, 5.74) is 7.36. The Morgan fingerprint density at radius 1 is 0.205 bits per heavy atom. The summed E-state index contributed by atoms with van der Waals surface area (Å²) in [5, 5.41) is 0. The van der Waals surface area contributed by atoms with Crippen LogP contribution in [0.3, 0.4) is 0 Å². The fourth-order valence-electron chi connectivity index (χ4n) is 10.6. The van der Waals surface area contributed by atoms with Gasteiger partial charge >= 0.3 is 0 Å². The fourth-order valence-corrected chi connectivity index (χ4v) is 21.1. The van der Waals surface area contributed by atoms with Crippen LogP contribution < -0.4 is 0 Å². The van der Waals surface area contributed by atoms with Gasteiger partial charge in [-0.25, -0.2) is 0 Å². The predicted octanol–water partition coefficient (Wildman–Crippen LogP) is 12.4. The first-order valence-electron chi connectivity index (χ1n) is 18.6. The van der Waals surface area contributed by atoms with E-state index in [1.807, 2.05) is 0 Å². The van der Waals surface area contributed by atoms with Crippen LogP contribution in [-0.4, -0.2) is 34.0 Å². The van der Waals surface area contributed by atoms with Crippen LogP contribution >= 0.6 is 15.8 Å². The predicted molar refractivity (Wildman–Crippen MR) is 178 cm³/mol. The normalized spacial score (nSPS) is 28.2. The average molecular weight is 626 g/mol. The van der Waals surface area contributed by atoms with Crippen molar-refractivity contribution in [3.8, 4) is 0 Å². The van der Waals surface area contributed by atoms with Gasteiger partial charge in [0, 0.05) is 32.9 Å². The zero-order valence-corrected chi connectivity index (χ0v) is 28.9. The quantitative estimate of drug-likeness (QED) is 0.203. The standard InChI is InChI=1S/2C18H33P.Cu/c2*1-4-10-16(11-5-1)19(17-12-6-2-7-13-17)18-14-8-3-9-15-18;/h2*16-18H,1-15H2;/p+2. The first-order chi connectivity index (χ1) is 18.9. The van der Waals surface area contributed by atoms with Crippen molar-refractivity contribution in [2.75, 3.05) is 0 Å². The number of rotatable bonds is 6. The third-order valence-electron chi connectivity index (χ3n) is 12.5. The van der Waals surface area contributed by atoms with E-state index in [1.165, 1.54) is 34.0 Å². The summed E-state index contributed by atoms with van der Waals surface area (Å²) in [7, 11) is -0.0930. The SMILES string of the molecule is C1CCC([PH+](C2CCCCC2)C2CCCCC2)CC1.C1CCC([PH+](C2CCCCC2)C2CCCCC2)CC1.[Cu]. The van der Waals surface area contributed by atoms with E-state index >= 15 is 0 Å². The van der Waals surface area contributed by atoms with Crippen molar-refractivity contribution >= 4 is 15.8 Å². The van der Waals surface area contributed by atoms with E-state index in [0.717, 1.165) is 0 Å². The molecule has 0 N–H and O–H groups in total. The van der Waals surface area contributed by atoms with Crippen molar-refractivity contribution in [3.05, 3.63) is 0 Å². The monoisotopic (exact) mass is 625 g/mol. The molecule has 6 aliphatic rings. The molecule has 0 heterocycles. The van der Waals surface area contributed by atoms with Crippen LogP contribution in [0.2, 0.25) is 0 Å². The third-order valence-corrected chi connectivity index (χ3v) is 21.6. The van der Waals surface area contributed by atoms with Crippen molar-refractivity contribution in [2.24, 2.45) is 0 Å². The van der Waals surface area contributed by atoms with Gasteiger partial charge in [0.25, 0.3) is 0 Å². The van der Waals surface area contributed by atoms with Crippen LogP contribution in [0.15, 0.2) is 0 Å². The first-order valence-corrected chi connectivity index (χ1v) is 22.1. The molecule has 0 amide bonds. The second kappa shape index (κ2) is 18.9. The number of hydrogen-bond donors (Lipinski definition) is 0. The molecule has 0 aromatic carbocycles. The van der Waals surface area contributed by atoms with Crippen molar-refractivity contribution in [2.45, 2.75) is 227 Å². The molecular weight excluding hydrogens is 558 g/mol.